The number of hydrogen-bond donors (Lipinski definition) is 0. The van der Waals surface area contributed by atoms with Crippen LogP contribution in [0.15, 0.2) is 18.2 Å². The highest BCUT2D eigenvalue weighted by Gasteiger charge is 2.07. The lowest BCUT2D eigenvalue weighted by atomic mass is 10.2. The van der Waals surface area contributed by atoms with Crippen LogP contribution in [0.3, 0.4) is 0 Å². The van der Waals surface area contributed by atoms with Crippen molar-refractivity contribution in [3.8, 4) is 0 Å². The van der Waals surface area contributed by atoms with Gasteiger partial charge in [-0.25, -0.2) is 0 Å². The predicted molar refractivity (Wildman–Crippen MR) is 71.9 cm³/mol. The molecule has 1 aromatic carbocycles. The van der Waals surface area contributed by atoms with E-state index in [1.165, 1.54) is 24.1 Å². The maximum atomic E-state index is 3.51. The molecule has 0 saturated carbocycles. The van der Waals surface area contributed by atoms with Crippen molar-refractivity contribution >= 4 is 59.9 Å². The zero-order valence-electron chi connectivity index (χ0n) is 7.10. The second kappa shape index (κ2) is 3.87. The lowest BCUT2D eigenvalue weighted by molar-refractivity contribution is 1.51. The van der Waals surface area contributed by atoms with Gasteiger partial charge in [-0.05, 0) is 41.1 Å². The quantitative estimate of drug-likeness (QED) is 0.506. The van der Waals surface area contributed by atoms with Crippen molar-refractivity contribution in [3.63, 3.8) is 0 Å². The highest BCUT2D eigenvalue weighted by Crippen LogP contribution is 2.34. The fraction of sp³-hybridized carbons (Fsp3) is 0.200. The molecule has 0 radical (unpaired) electrons. The van der Waals surface area contributed by atoms with Crippen molar-refractivity contribution in [3.05, 3.63) is 32.2 Å². The third-order valence-corrected chi connectivity index (χ3v) is 5.66. The first-order chi connectivity index (χ1) is 6.22. The Balaban J connectivity index is 2.76. The molecule has 0 spiro atoms. The van der Waals surface area contributed by atoms with Gasteiger partial charge in [-0.3, -0.25) is 0 Å². The summed E-state index contributed by atoms with van der Waals surface area (Å²) in [6, 6.07) is 6.65. The van der Waals surface area contributed by atoms with Crippen LogP contribution in [0, 0.1) is 10.5 Å². The van der Waals surface area contributed by atoms with Crippen molar-refractivity contribution in [2.45, 2.75) is 12.3 Å². The topological polar surface area (TPSA) is 0 Å². The van der Waals surface area contributed by atoms with E-state index in [9.17, 15) is 0 Å². The summed E-state index contributed by atoms with van der Waals surface area (Å²) < 4.78 is 2.80. The SMILES string of the molecule is Cc1ccc2c(I)c(CBr)sc2c1. The third kappa shape index (κ3) is 1.78. The van der Waals surface area contributed by atoms with Crippen molar-refractivity contribution in [2.24, 2.45) is 0 Å². The fourth-order valence-electron chi connectivity index (χ4n) is 1.31. The van der Waals surface area contributed by atoms with E-state index in [1.54, 1.807) is 0 Å². The van der Waals surface area contributed by atoms with E-state index in [-0.39, 0.29) is 0 Å². The van der Waals surface area contributed by atoms with Gasteiger partial charge in [0.25, 0.3) is 0 Å². The highest BCUT2D eigenvalue weighted by molar-refractivity contribution is 14.1. The molecule has 0 aliphatic rings. The molecule has 3 heteroatoms. The normalized spacial score (nSPS) is 11.0. The first kappa shape index (κ1) is 9.93. The van der Waals surface area contributed by atoms with Gasteiger partial charge in [0, 0.05) is 23.9 Å². The second-order valence-electron chi connectivity index (χ2n) is 2.97. The van der Waals surface area contributed by atoms with Gasteiger partial charge >= 0.3 is 0 Å². The molecular formula is C10H8BrIS. The maximum Gasteiger partial charge on any atom is 0.0388 e. The Bertz CT molecular complexity index is 447. The number of benzene rings is 1. The van der Waals surface area contributed by atoms with Gasteiger partial charge in [-0.2, -0.15) is 0 Å². The van der Waals surface area contributed by atoms with Crippen LogP contribution in [-0.2, 0) is 5.33 Å². The Morgan fingerprint density at radius 1 is 1.46 bits per heavy atom. The van der Waals surface area contributed by atoms with Crippen molar-refractivity contribution in [1.29, 1.82) is 0 Å². The molecular weight excluding hydrogens is 359 g/mol. The average Bonchev–Trinajstić information content (AvgIpc) is 2.42. The van der Waals surface area contributed by atoms with Gasteiger partial charge in [-0.1, -0.05) is 28.1 Å². The molecule has 0 aliphatic heterocycles. The van der Waals surface area contributed by atoms with Gasteiger partial charge in [0.1, 0.15) is 0 Å². The molecule has 0 saturated heterocycles. The van der Waals surface area contributed by atoms with Crippen LogP contribution >= 0.6 is 49.9 Å². The zero-order valence-corrected chi connectivity index (χ0v) is 11.7. The summed E-state index contributed by atoms with van der Waals surface area (Å²) >= 11 is 7.82. The number of aryl methyl sites for hydroxylation is 1. The number of hydrogen-bond acceptors (Lipinski definition) is 1. The van der Waals surface area contributed by atoms with Crippen molar-refractivity contribution in [2.75, 3.05) is 0 Å². The van der Waals surface area contributed by atoms with E-state index in [0.717, 1.165) is 5.33 Å². The molecule has 0 unspecified atom stereocenters. The van der Waals surface area contributed by atoms with Gasteiger partial charge in [0.2, 0.25) is 0 Å². The molecule has 1 heterocycles. The lowest BCUT2D eigenvalue weighted by Crippen LogP contribution is -1.73. The summed E-state index contributed by atoms with van der Waals surface area (Å²) in [7, 11) is 0. The smallest absolute Gasteiger partial charge is 0.0388 e. The van der Waals surface area contributed by atoms with Gasteiger partial charge < -0.3 is 0 Å². The number of halogens is 2. The Labute approximate surface area is 104 Å². The van der Waals surface area contributed by atoms with Gasteiger partial charge in [0.05, 0.1) is 0 Å². The number of fused-ring (bicyclic) bond motifs is 1. The maximum absolute atomic E-state index is 3.51. The van der Waals surface area contributed by atoms with E-state index < -0.39 is 0 Å². The van der Waals surface area contributed by atoms with Crippen LogP contribution in [0.1, 0.15) is 10.4 Å². The first-order valence-corrected chi connectivity index (χ1v) is 6.97. The Morgan fingerprint density at radius 2 is 2.23 bits per heavy atom. The Hall–Kier alpha value is 0.390. The number of alkyl halides is 1. The Morgan fingerprint density at radius 3 is 2.92 bits per heavy atom. The van der Waals surface area contributed by atoms with E-state index in [0.29, 0.717) is 0 Å². The highest BCUT2D eigenvalue weighted by atomic mass is 127. The molecule has 0 fully saturated rings. The van der Waals surface area contributed by atoms with Gasteiger partial charge in [0.15, 0.2) is 0 Å². The molecule has 13 heavy (non-hydrogen) atoms. The summed E-state index contributed by atoms with van der Waals surface area (Å²) in [5.41, 5.74) is 1.34. The number of rotatable bonds is 1. The lowest BCUT2D eigenvalue weighted by Gasteiger charge is -1.92. The van der Waals surface area contributed by atoms with E-state index >= 15 is 0 Å². The molecule has 1 aromatic heterocycles. The van der Waals surface area contributed by atoms with Crippen molar-refractivity contribution in [1.82, 2.24) is 0 Å². The predicted octanol–water partition coefficient (Wildman–Crippen LogP) is 4.71. The van der Waals surface area contributed by atoms with Crippen LogP contribution in [0.5, 0.6) is 0 Å². The molecule has 0 aliphatic carbocycles. The van der Waals surface area contributed by atoms with E-state index in [1.807, 2.05) is 11.3 Å². The number of thiophene rings is 1. The van der Waals surface area contributed by atoms with Crippen LogP contribution in [0.25, 0.3) is 10.1 Å². The van der Waals surface area contributed by atoms with Crippen molar-refractivity contribution < 1.29 is 0 Å². The standard InChI is InChI=1S/C10H8BrIS/c1-6-2-3-7-8(4-6)13-9(5-11)10(7)12/h2-4H,5H2,1H3. The van der Waals surface area contributed by atoms with Gasteiger partial charge in [-0.15, -0.1) is 11.3 Å². The second-order valence-corrected chi connectivity index (χ2v) is 5.75. The third-order valence-electron chi connectivity index (χ3n) is 1.97. The molecule has 68 valence electrons. The average molecular weight is 367 g/mol. The van der Waals surface area contributed by atoms with E-state index in [2.05, 4.69) is 63.6 Å². The molecule has 2 aromatic rings. The Kier molecular flexibility index (Phi) is 2.95. The first-order valence-electron chi connectivity index (χ1n) is 3.96. The minimum absolute atomic E-state index is 0.962. The van der Waals surface area contributed by atoms with Crippen LogP contribution in [-0.4, -0.2) is 0 Å². The zero-order chi connectivity index (χ0) is 9.42. The summed E-state index contributed by atoms with van der Waals surface area (Å²) in [6.07, 6.45) is 0. The van der Waals surface area contributed by atoms with E-state index in [4.69, 9.17) is 0 Å². The molecule has 0 amide bonds. The molecule has 0 atom stereocenters. The molecule has 0 bridgehead atoms. The molecule has 2 rings (SSSR count). The summed E-state index contributed by atoms with van der Waals surface area (Å²) in [5.74, 6) is 0. The largest absolute Gasteiger partial charge is 0.138 e. The summed E-state index contributed by atoms with van der Waals surface area (Å²) in [4.78, 5) is 1.43. The summed E-state index contributed by atoms with van der Waals surface area (Å²) in [5, 5.41) is 2.36. The van der Waals surface area contributed by atoms with Crippen LogP contribution in [0.4, 0.5) is 0 Å². The molecule has 0 nitrogen and oxygen atoms in total. The summed E-state index contributed by atoms with van der Waals surface area (Å²) in [6.45, 7) is 2.14. The fourth-order valence-corrected chi connectivity index (χ4v) is 4.68. The van der Waals surface area contributed by atoms with Crippen LogP contribution in [0.2, 0.25) is 0 Å². The molecule has 0 N–H and O–H groups in total. The minimum atomic E-state index is 0.962. The monoisotopic (exact) mass is 366 g/mol. The van der Waals surface area contributed by atoms with Crippen LogP contribution < -0.4 is 0 Å². The minimum Gasteiger partial charge on any atom is -0.138 e.